The van der Waals surface area contributed by atoms with Gasteiger partial charge in [-0.2, -0.15) is 0 Å². The van der Waals surface area contributed by atoms with Gasteiger partial charge in [0.25, 0.3) is 5.91 Å². The Kier molecular flexibility index (Phi) is 4.04. The van der Waals surface area contributed by atoms with Crippen LogP contribution in [0.2, 0.25) is 0 Å². The summed E-state index contributed by atoms with van der Waals surface area (Å²) in [6.07, 6.45) is 5.21. The van der Waals surface area contributed by atoms with Crippen LogP contribution in [0.4, 0.5) is 5.69 Å². The van der Waals surface area contributed by atoms with Crippen molar-refractivity contribution in [3.8, 4) is 0 Å². The normalized spacial score (nSPS) is 34.4. The van der Waals surface area contributed by atoms with Gasteiger partial charge in [-0.15, -0.1) is 0 Å². The fraction of sp³-hybridized carbons (Fsp3) is 0.571. The Morgan fingerprint density at radius 3 is 2.52 bits per heavy atom. The molecule has 0 unspecified atom stereocenters. The zero-order valence-electron chi connectivity index (χ0n) is 15.2. The number of hydrogen-bond acceptors (Lipinski definition) is 4. The van der Waals surface area contributed by atoms with Crippen molar-refractivity contribution < 1.29 is 19.1 Å². The van der Waals surface area contributed by atoms with E-state index >= 15 is 0 Å². The predicted octanol–water partition coefficient (Wildman–Crippen LogP) is 2.13. The lowest BCUT2D eigenvalue weighted by atomic mass is 9.81. The molecule has 2 aliphatic heterocycles. The van der Waals surface area contributed by atoms with E-state index in [0.717, 1.165) is 38.7 Å². The molecule has 6 nitrogen and oxygen atoms in total. The fourth-order valence-corrected chi connectivity index (χ4v) is 5.56. The molecule has 4 aliphatic rings. The smallest absolute Gasteiger partial charge is 0.251 e. The van der Waals surface area contributed by atoms with E-state index in [9.17, 15) is 14.4 Å². The van der Waals surface area contributed by atoms with Gasteiger partial charge in [-0.1, -0.05) is 6.07 Å². The van der Waals surface area contributed by atoms with Gasteiger partial charge < -0.3 is 10.1 Å². The maximum atomic E-state index is 13.0. The van der Waals surface area contributed by atoms with Crippen molar-refractivity contribution in [2.24, 2.45) is 23.7 Å². The third-order valence-corrected chi connectivity index (χ3v) is 6.81. The highest BCUT2D eigenvalue weighted by Gasteiger charge is 2.61. The number of benzene rings is 1. The van der Waals surface area contributed by atoms with E-state index in [-0.39, 0.29) is 35.7 Å². The summed E-state index contributed by atoms with van der Waals surface area (Å²) in [5, 5.41) is 2.89. The molecule has 2 aliphatic carbocycles. The van der Waals surface area contributed by atoms with Crippen LogP contribution in [0.1, 0.15) is 42.5 Å². The second-order valence-electron chi connectivity index (χ2n) is 8.29. The number of nitrogens with zero attached hydrogens (tertiary/aromatic N) is 1. The van der Waals surface area contributed by atoms with E-state index in [1.54, 1.807) is 24.3 Å². The summed E-state index contributed by atoms with van der Waals surface area (Å²) >= 11 is 0. The number of ether oxygens (including phenoxy) is 1. The fourth-order valence-electron chi connectivity index (χ4n) is 5.56. The van der Waals surface area contributed by atoms with E-state index in [1.165, 1.54) is 4.90 Å². The van der Waals surface area contributed by atoms with Crippen molar-refractivity contribution in [1.29, 1.82) is 0 Å². The van der Waals surface area contributed by atoms with Gasteiger partial charge in [-0.25, -0.2) is 0 Å². The second-order valence-corrected chi connectivity index (χ2v) is 8.29. The summed E-state index contributed by atoms with van der Waals surface area (Å²) in [5.41, 5.74) is 0.981. The number of amides is 3. The average molecular weight is 368 g/mol. The third-order valence-electron chi connectivity index (χ3n) is 6.81. The molecule has 6 heteroatoms. The number of imide groups is 1. The molecule has 4 fully saturated rings. The maximum Gasteiger partial charge on any atom is 0.251 e. The Labute approximate surface area is 158 Å². The molecule has 5 rings (SSSR count). The topological polar surface area (TPSA) is 75.7 Å². The SMILES string of the molecule is O=C(NC[C@@H]1CCCO1)c1cccc(N2C(=O)[C@H]3[C@@H]4CC[C@H](C4)[C@@H]3C2=O)c1. The van der Waals surface area contributed by atoms with Crippen molar-refractivity contribution in [3.05, 3.63) is 29.8 Å². The lowest BCUT2D eigenvalue weighted by Gasteiger charge is -2.19. The third kappa shape index (κ3) is 2.69. The molecule has 1 aromatic carbocycles. The highest BCUT2D eigenvalue weighted by Crippen LogP contribution is 2.56. The van der Waals surface area contributed by atoms with E-state index in [0.29, 0.717) is 29.6 Å². The molecule has 5 atom stereocenters. The number of hydrogen-bond donors (Lipinski definition) is 1. The summed E-state index contributed by atoms with van der Waals surface area (Å²) in [7, 11) is 0. The molecular weight excluding hydrogens is 344 g/mol. The van der Waals surface area contributed by atoms with Crippen molar-refractivity contribution in [1.82, 2.24) is 5.32 Å². The zero-order chi connectivity index (χ0) is 18.5. The lowest BCUT2D eigenvalue weighted by Crippen LogP contribution is -2.34. The van der Waals surface area contributed by atoms with Crippen LogP contribution in [0.25, 0.3) is 0 Å². The van der Waals surface area contributed by atoms with Gasteiger partial charge in [0.1, 0.15) is 0 Å². The minimum Gasteiger partial charge on any atom is -0.376 e. The number of anilines is 1. The van der Waals surface area contributed by atoms with Gasteiger partial charge in [-0.05, 0) is 62.1 Å². The van der Waals surface area contributed by atoms with Gasteiger partial charge in [-0.3, -0.25) is 19.3 Å². The Morgan fingerprint density at radius 1 is 1.11 bits per heavy atom. The minimum atomic E-state index is -0.202. The minimum absolute atomic E-state index is 0.0749. The molecule has 2 saturated carbocycles. The Morgan fingerprint density at radius 2 is 1.85 bits per heavy atom. The van der Waals surface area contributed by atoms with Crippen molar-refractivity contribution >= 4 is 23.4 Å². The average Bonchev–Trinajstić information content (AvgIpc) is 3.45. The molecule has 2 bridgehead atoms. The van der Waals surface area contributed by atoms with Crippen molar-refractivity contribution in [3.63, 3.8) is 0 Å². The number of rotatable bonds is 4. The summed E-state index contributed by atoms with van der Waals surface area (Å²) in [4.78, 5) is 39.7. The van der Waals surface area contributed by atoms with Gasteiger partial charge in [0.15, 0.2) is 0 Å². The first-order valence-electron chi connectivity index (χ1n) is 10.0. The maximum absolute atomic E-state index is 13.0. The van der Waals surface area contributed by atoms with Crippen LogP contribution < -0.4 is 10.2 Å². The van der Waals surface area contributed by atoms with E-state index in [1.807, 2.05) is 0 Å². The highest BCUT2D eigenvalue weighted by molar-refractivity contribution is 6.22. The van der Waals surface area contributed by atoms with Crippen LogP contribution in [-0.2, 0) is 14.3 Å². The Bertz CT molecular complexity index is 773. The first-order chi connectivity index (χ1) is 13.1. The summed E-state index contributed by atoms with van der Waals surface area (Å²) in [6, 6.07) is 6.85. The monoisotopic (exact) mass is 368 g/mol. The van der Waals surface area contributed by atoms with Crippen LogP contribution in [0.5, 0.6) is 0 Å². The van der Waals surface area contributed by atoms with Crippen molar-refractivity contribution in [2.45, 2.75) is 38.2 Å². The number of nitrogens with one attached hydrogen (secondary N) is 1. The largest absolute Gasteiger partial charge is 0.376 e. The van der Waals surface area contributed by atoms with Gasteiger partial charge in [0.2, 0.25) is 11.8 Å². The number of fused-ring (bicyclic) bond motifs is 5. The molecule has 27 heavy (non-hydrogen) atoms. The molecule has 1 N–H and O–H groups in total. The van der Waals surface area contributed by atoms with Gasteiger partial charge in [0, 0.05) is 18.7 Å². The Balaban J connectivity index is 1.34. The number of carbonyl (C=O) groups is 3. The summed E-state index contributed by atoms with van der Waals surface area (Å²) in [6.45, 7) is 1.23. The van der Waals surface area contributed by atoms with Crippen molar-refractivity contribution in [2.75, 3.05) is 18.1 Å². The van der Waals surface area contributed by atoms with E-state index in [2.05, 4.69) is 5.32 Å². The number of carbonyl (C=O) groups excluding carboxylic acids is 3. The van der Waals surface area contributed by atoms with Crippen LogP contribution >= 0.6 is 0 Å². The summed E-state index contributed by atoms with van der Waals surface area (Å²) < 4.78 is 5.53. The molecule has 2 saturated heterocycles. The lowest BCUT2D eigenvalue weighted by molar-refractivity contribution is -0.123. The molecule has 0 aromatic heterocycles. The summed E-state index contributed by atoms with van der Waals surface area (Å²) in [5.74, 6) is 0.0788. The van der Waals surface area contributed by atoms with Crippen LogP contribution in [0.3, 0.4) is 0 Å². The molecule has 3 amide bonds. The van der Waals surface area contributed by atoms with E-state index < -0.39 is 0 Å². The van der Waals surface area contributed by atoms with Crippen LogP contribution in [0, 0.1) is 23.7 Å². The molecule has 2 heterocycles. The quantitative estimate of drug-likeness (QED) is 0.826. The second kappa shape index (κ2) is 6.44. The van der Waals surface area contributed by atoms with Crippen LogP contribution in [0.15, 0.2) is 24.3 Å². The van der Waals surface area contributed by atoms with Gasteiger partial charge in [0.05, 0.1) is 23.6 Å². The molecule has 0 spiro atoms. The van der Waals surface area contributed by atoms with Gasteiger partial charge >= 0.3 is 0 Å². The molecular formula is C21H24N2O4. The predicted molar refractivity (Wildman–Crippen MR) is 98.1 cm³/mol. The molecule has 0 radical (unpaired) electrons. The highest BCUT2D eigenvalue weighted by atomic mass is 16.5. The van der Waals surface area contributed by atoms with Crippen LogP contribution in [-0.4, -0.2) is 37.0 Å². The van der Waals surface area contributed by atoms with E-state index in [4.69, 9.17) is 4.74 Å². The first-order valence-corrected chi connectivity index (χ1v) is 10.0. The standard InChI is InChI=1S/C21H24N2O4/c24-19(22-11-16-5-2-8-27-16)14-3-1-4-15(10-14)23-20(25)17-12-6-7-13(9-12)18(17)21(23)26/h1,3-4,10,12-13,16-18H,2,5-9,11H2,(H,22,24)/t12-,13-,16+,17+,18+/m1/s1. The zero-order valence-corrected chi connectivity index (χ0v) is 15.2. The first kappa shape index (κ1) is 16.9. The Hall–Kier alpha value is -2.21. The molecule has 142 valence electrons. The molecule has 1 aromatic rings.